The van der Waals surface area contributed by atoms with E-state index in [0.29, 0.717) is 11.2 Å². The van der Waals surface area contributed by atoms with Crippen molar-refractivity contribution in [3.63, 3.8) is 0 Å². The second kappa shape index (κ2) is 4.44. The Hall–Kier alpha value is -0.840. The molecule has 3 aliphatic rings. The molecule has 3 N–H and O–H groups in total. The van der Waals surface area contributed by atoms with Gasteiger partial charge in [0.2, 0.25) is 5.91 Å². The molecule has 0 aromatic rings. The van der Waals surface area contributed by atoms with Gasteiger partial charge in [0.25, 0.3) is 0 Å². The van der Waals surface area contributed by atoms with Crippen LogP contribution in [-0.4, -0.2) is 17.1 Å². The zero-order valence-corrected chi connectivity index (χ0v) is 10.7. The van der Waals surface area contributed by atoms with E-state index in [0.717, 1.165) is 24.7 Å². The molecule has 0 aromatic carbocycles. The number of carbonyl (C=O) groups is 1. The fraction of sp³-hybridized carbons (Fsp3) is 0.833. The van der Waals surface area contributed by atoms with Crippen molar-refractivity contribution in [2.75, 3.05) is 0 Å². The summed E-state index contributed by atoms with van der Waals surface area (Å²) >= 11 is 5.19. The Balaban J connectivity index is 1.39. The van der Waals surface area contributed by atoms with Crippen LogP contribution < -0.4 is 16.2 Å². The summed E-state index contributed by atoms with van der Waals surface area (Å²) in [6, 6.07) is 0.520. The minimum absolute atomic E-state index is 0.0714. The summed E-state index contributed by atoms with van der Waals surface area (Å²) in [4.78, 5) is 11.4. The first kappa shape index (κ1) is 11.3. The second-order valence-electron chi connectivity index (χ2n) is 5.64. The number of hydrogen-bond acceptors (Lipinski definition) is 2. The molecule has 17 heavy (non-hydrogen) atoms. The van der Waals surface area contributed by atoms with E-state index < -0.39 is 0 Å². The topological polar surface area (TPSA) is 53.2 Å². The lowest BCUT2D eigenvalue weighted by Gasteiger charge is -2.24. The molecule has 0 radical (unpaired) electrons. The fourth-order valence-electron chi connectivity index (χ4n) is 3.19. The van der Waals surface area contributed by atoms with Gasteiger partial charge < -0.3 is 5.32 Å². The molecule has 0 heterocycles. The van der Waals surface area contributed by atoms with Crippen molar-refractivity contribution in [3.05, 3.63) is 0 Å². The molecule has 0 aliphatic heterocycles. The Morgan fingerprint density at radius 1 is 1.06 bits per heavy atom. The van der Waals surface area contributed by atoms with Gasteiger partial charge in [-0.15, -0.1) is 0 Å². The highest BCUT2D eigenvalue weighted by Gasteiger charge is 2.39. The predicted molar refractivity (Wildman–Crippen MR) is 69.0 cm³/mol. The molecule has 94 valence electrons. The molecule has 3 fully saturated rings. The number of fused-ring (bicyclic) bond motifs is 2. The SMILES string of the molecule is O=C(NNC(=S)N[C@@H]1C[C@@H]2CC[C@@H]1C2)C1CC1. The molecule has 5 heteroatoms. The third-order valence-electron chi connectivity index (χ3n) is 4.30. The van der Waals surface area contributed by atoms with Gasteiger partial charge in [-0.05, 0) is 56.2 Å². The smallest absolute Gasteiger partial charge is 0.241 e. The van der Waals surface area contributed by atoms with Crippen LogP contribution in [0, 0.1) is 17.8 Å². The fourth-order valence-corrected chi connectivity index (χ4v) is 3.39. The highest BCUT2D eigenvalue weighted by atomic mass is 32.1. The predicted octanol–water partition coefficient (Wildman–Crippen LogP) is 1.08. The van der Waals surface area contributed by atoms with Gasteiger partial charge in [0.15, 0.2) is 5.11 Å². The first-order valence-corrected chi connectivity index (χ1v) is 6.99. The molecule has 0 aromatic heterocycles. The third kappa shape index (κ3) is 2.54. The summed E-state index contributed by atoms with van der Waals surface area (Å²) in [6.07, 6.45) is 7.35. The largest absolute Gasteiger partial charge is 0.358 e. The van der Waals surface area contributed by atoms with Gasteiger partial charge >= 0.3 is 0 Å². The Morgan fingerprint density at radius 2 is 1.88 bits per heavy atom. The van der Waals surface area contributed by atoms with Gasteiger partial charge in [-0.3, -0.25) is 15.6 Å². The Morgan fingerprint density at radius 3 is 2.47 bits per heavy atom. The summed E-state index contributed by atoms with van der Waals surface area (Å²) in [5.74, 6) is 1.98. The lowest BCUT2D eigenvalue weighted by Crippen LogP contribution is -2.51. The highest BCUT2D eigenvalue weighted by molar-refractivity contribution is 7.80. The standard InChI is InChI=1S/C12H19N3OS/c16-11(8-3-4-8)14-15-12(17)13-10-6-7-1-2-9(10)5-7/h7-10H,1-6H2,(H,14,16)(H2,13,15,17)/t7-,9-,10-/m1/s1. The average molecular weight is 253 g/mol. The molecule has 3 aliphatic carbocycles. The molecule has 0 unspecified atom stereocenters. The number of hydrogen-bond donors (Lipinski definition) is 3. The maximum Gasteiger partial charge on any atom is 0.241 e. The molecular formula is C12H19N3OS. The lowest BCUT2D eigenvalue weighted by molar-refractivity contribution is -0.122. The summed E-state index contributed by atoms with van der Waals surface area (Å²) < 4.78 is 0. The molecule has 1 amide bonds. The van der Waals surface area contributed by atoms with E-state index in [1.807, 2.05) is 0 Å². The van der Waals surface area contributed by atoms with E-state index in [2.05, 4.69) is 16.2 Å². The zero-order chi connectivity index (χ0) is 11.8. The van der Waals surface area contributed by atoms with Crippen molar-refractivity contribution in [3.8, 4) is 0 Å². The van der Waals surface area contributed by atoms with Crippen LogP contribution in [-0.2, 0) is 4.79 Å². The van der Waals surface area contributed by atoms with Gasteiger partial charge in [0.05, 0.1) is 0 Å². The van der Waals surface area contributed by atoms with E-state index in [1.165, 1.54) is 25.7 Å². The van der Waals surface area contributed by atoms with Gasteiger partial charge in [-0.1, -0.05) is 6.42 Å². The monoisotopic (exact) mass is 253 g/mol. The van der Waals surface area contributed by atoms with Crippen molar-refractivity contribution >= 4 is 23.2 Å². The summed E-state index contributed by atoms with van der Waals surface area (Å²) in [5, 5.41) is 3.90. The minimum Gasteiger partial charge on any atom is -0.358 e. The highest BCUT2D eigenvalue weighted by Crippen LogP contribution is 2.44. The van der Waals surface area contributed by atoms with E-state index in [-0.39, 0.29) is 11.8 Å². The molecule has 3 rings (SSSR count). The van der Waals surface area contributed by atoms with Crippen LogP contribution in [0.2, 0.25) is 0 Å². The molecule has 0 saturated heterocycles. The first-order valence-electron chi connectivity index (χ1n) is 6.58. The van der Waals surface area contributed by atoms with E-state index in [4.69, 9.17) is 12.2 Å². The number of hydrazine groups is 1. The van der Waals surface area contributed by atoms with Crippen LogP contribution in [0.3, 0.4) is 0 Å². The van der Waals surface area contributed by atoms with Crippen molar-refractivity contribution in [2.45, 2.75) is 44.6 Å². The third-order valence-corrected chi connectivity index (χ3v) is 4.52. The summed E-state index contributed by atoms with van der Waals surface area (Å²) in [6.45, 7) is 0. The van der Waals surface area contributed by atoms with Crippen LogP contribution in [0.4, 0.5) is 0 Å². The minimum atomic E-state index is 0.0714. The number of nitrogens with one attached hydrogen (secondary N) is 3. The van der Waals surface area contributed by atoms with Gasteiger partial charge in [0, 0.05) is 12.0 Å². The molecule has 0 spiro atoms. The molecular weight excluding hydrogens is 234 g/mol. The molecule has 3 saturated carbocycles. The Labute approximate surface area is 107 Å². The summed E-state index contributed by atoms with van der Waals surface area (Å²) in [7, 11) is 0. The molecule has 2 bridgehead atoms. The number of thiocarbonyl (C=S) groups is 1. The zero-order valence-electron chi connectivity index (χ0n) is 9.87. The number of amides is 1. The normalized spacial score (nSPS) is 34.5. The summed E-state index contributed by atoms with van der Waals surface area (Å²) in [5.41, 5.74) is 5.48. The average Bonchev–Trinajstić information content (AvgIpc) is 2.97. The maximum absolute atomic E-state index is 11.4. The molecule has 3 atom stereocenters. The van der Waals surface area contributed by atoms with Crippen LogP contribution in [0.1, 0.15) is 38.5 Å². The van der Waals surface area contributed by atoms with E-state index >= 15 is 0 Å². The van der Waals surface area contributed by atoms with Crippen molar-refractivity contribution < 1.29 is 4.79 Å². The van der Waals surface area contributed by atoms with Gasteiger partial charge in [0.1, 0.15) is 0 Å². The number of rotatable bonds is 2. The molecule has 4 nitrogen and oxygen atoms in total. The first-order chi connectivity index (χ1) is 8.22. The maximum atomic E-state index is 11.4. The van der Waals surface area contributed by atoms with Crippen LogP contribution in [0.5, 0.6) is 0 Å². The second-order valence-corrected chi connectivity index (χ2v) is 6.05. The van der Waals surface area contributed by atoms with Crippen molar-refractivity contribution in [1.29, 1.82) is 0 Å². The Kier molecular flexibility index (Phi) is 2.94. The lowest BCUT2D eigenvalue weighted by atomic mass is 9.96. The van der Waals surface area contributed by atoms with Crippen LogP contribution in [0.25, 0.3) is 0 Å². The van der Waals surface area contributed by atoms with Crippen LogP contribution in [0.15, 0.2) is 0 Å². The van der Waals surface area contributed by atoms with Crippen LogP contribution >= 0.6 is 12.2 Å². The van der Waals surface area contributed by atoms with Gasteiger partial charge in [-0.25, -0.2) is 0 Å². The van der Waals surface area contributed by atoms with E-state index in [1.54, 1.807) is 0 Å². The van der Waals surface area contributed by atoms with Crippen molar-refractivity contribution in [2.24, 2.45) is 17.8 Å². The van der Waals surface area contributed by atoms with Crippen molar-refractivity contribution in [1.82, 2.24) is 16.2 Å². The number of carbonyl (C=O) groups excluding carboxylic acids is 1. The Bertz CT molecular complexity index is 343. The van der Waals surface area contributed by atoms with Gasteiger partial charge in [-0.2, -0.15) is 0 Å². The quantitative estimate of drug-likeness (QED) is 0.509. The van der Waals surface area contributed by atoms with E-state index in [9.17, 15) is 4.79 Å².